The molecule has 0 fully saturated rings. The fourth-order valence-corrected chi connectivity index (χ4v) is 3.65. The Morgan fingerprint density at radius 3 is 2.05 bits per heavy atom. The lowest BCUT2D eigenvalue weighted by Gasteiger charge is -2.36. The Balaban J connectivity index is 3.24. The maximum atomic E-state index is 12.5. The van der Waals surface area contributed by atoms with Gasteiger partial charge in [-0.1, -0.05) is 20.8 Å². The van der Waals surface area contributed by atoms with Crippen LogP contribution in [0, 0.1) is 0 Å². The third kappa shape index (κ3) is 4.47. The van der Waals surface area contributed by atoms with E-state index >= 15 is 0 Å². The second-order valence-electron chi connectivity index (χ2n) is 4.88. The van der Waals surface area contributed by atoms with Gasteiger partial charge in [0.25, 0.3) is 0 Å². The van der Waals surface area contributed by atoms with E-state index in [1.54, 1.807) is 20.8 Å². The van der Waals surface area contributed by atoms with Crippen molar-refractivity contribution in [1.82, 2.24) is 0 Å². The van der Waals surface area contributed by atoms with Crippen molar-refractivity contribution in [3.63, 3.8) is 0 Å². The van der Waals surface area contributed by atoms with Crippen LogP contribution in [0.15, 0.2) is 27.6 Å². The largest absolute Gasteiger partial charge is 0.540 e. The molecule has 0 aliphatic rings. The number of halogens is 4. The van der Waals surface area contributed by atoms with Gasteiger partial charge in [-0.25, -0.2) is 8.42 Å². The highest BCUT2D eigenvalue weighted by molar-refractivity contribution is 9.10. The van der Waals surface area contributed by atoms with Crippen molar-refractivity contribution in [3.05, 3.63) is 33.0 Å². The molecule has 108 valence electrons. The summed E-state index contributed by atoms with van der Waals surface area (Å²) in [4.78, 5) is -0.282. The Bertz CT molecular complexity index is 577. The second-order valence-corrected chi connectivity index (χ2v) is 7.31. The van der Waals surface area contributed by atoms with Crippen molar-refractivity contribution in [3.8, 4) is 0 Å². The molecular formula is C11H12BrF3NO2S-. The molecule has 3 nitrogen and oxygen atoms in total. The van der Waals surface area contributed by atoms with E-state index in [1.165, 1.54) is 0 Å². The van der Waals surface area contributed by atoms with Crippen LogP contribution in [-0.2, 0) is 16.2 Å². The zero-order valence-electron chi connectivity index (χ0n) is 10.4. The molecule has 19 heavy (non-hydrogen) atoms. The van der Waals surface area contributed by atoms with Gasteiger partial charge in [-0.3, -0.25) is 0 Å². The topological polar surface area (TPSA) is 48.2 Å². The fourth-order valence-electron chi connectivity index (χ4n) is 1.30. The monoisotopic (exact) mass is 358 g/mol. The molecule has 0 spiro atoms. The van der Waals surface area contributed by atoms with Crippen LogP contribution in [-0.4, -0.2) is 14.0 Å². The number of hydrogen-bond donors (Lipinski definition) is 0. The number of sulfonamides is 1. The van der Waals surface area contributed by atoms with Gasteiger partial charge in [0.05, 0.1) is 10.5 Å². The Morgan fingerprint density at radius 2 is 1.68 bits per heavy atom. The zero-order valence-corrected chi connectivity index (χ0v) is 12.8. The fraction of sp³-hybridized carbons (Fsp3) is 0.455. The summed E-state index contributed by atoms with van der Waals surface area (Å²) in [6, 6.07) is 2.35. The van der Waals surface area contributed by atoms with Gasteiger partial charge in [0.1, 0.15) is 10.0 Å². The number of hydrogen-bond acceptors (Lipinski definition) is 2. The summed E-state index contributed by atoms with van der Waals surface area (Å²) in [7, 11) is -4.00. The van der Waals surface area contributed by atoms with Crippen molar-refractivity contribution in [1.29, 1.82) is 0 Å². The minimum atomic E-state index is -4.52. The number of alkyl halides is 3. The highest BCUT2D eigenvalue weighted by Gasteiger charge is 2.31. The first-order valence-electron chi connectivity index (χ1n) is 5.19. The van der Waals surface area contributed by atoms with Crippen molar-refractivity contribution in [2.45, 2.75) is 37.4 Å². The molecule has 0 heterocycles. The molecule has 0 aromatic heterocycles. The summed E-state index contributed by atoms with van der Waals surface area (Å²) in [5, 5.41) is 0. The molecule has 0 radical (unpaired) electrons. The average Bonchev–Trinajstić information content (AvgIpc) is 2.11. The molecule has 0 N–H and O–H groups in total. The Hall–Kier alpha value is -0.600. The standard InChI is InChI=1S/C11H12BrF3NO2S/c1-10(2,3)16-19(17,18)9-5-4-7(6-8(9)12)11(13,14)15/h4-6H,1-3H3/q-1. The van der Waals surface area contributed by atoms with Gasteiger partial charge in [0, 0.05) is 4.47 Å². The maximum Gasteiger partial charge on any atom is 0.416 e. The summed E-state index contributed by atoms with van der Waals surface area (Å²) >= 11 is 2.84. The molecule has 1 aromatic carbocycles. The number of nitrogens with zero attached hydrogens (tertiary/aromatic N) is 1. The Labute approximate surface area is 118 Å². The molecule has 0 bridgehead atoms. The van der Waals surface area contributed by atoms with Gasteiger partial charge >= 0.3 is 6.18 Å². The minimum absolute atomic E-state index is 0.157. The van der Waals surface area contributed by atoms with Crippen LogP contribution in [0.3, 0.4) is 0 Å². The predicted molar refractivity (Wildman–Crippen MR) is 69.4 cm³/mol. The van der Waals surface area contributed by atoms with Crippen molar-refractivity contribution < 1.29 is 21.6 Å². The van der Waals surface area contributed by atoms with Crippen LogP contribution < -0.4 is 0 Å². The van der Waals surface area contributed by atoms with Gasteiger partial charge < -0.3 is 4.72 Å². The van der Waals surface area contributed by atoms with E-state index in [-0.39, 0.29) is 9.37 Å². The third-order valence-corrected chi connectivity index (χ3v) is 4.55. The normalized spacial score (nSPS) is 13.6. The molecule has 8 heteroatoms. The highest BCUT2D eigenvalue weighted by atomic mass is 79.9. The lowest BCUT2D eigenvalue weighted by molar-refractivity contribution is -0.137. The van der Waals surface area contributed by atoms with E-state index < -0.39 is 27.3 Å². The average molecular weight is 359 g/mol. The lowest BCUT2D eigenvalue weighted by atomic mass is 10.1. The van der Waals surface area contributed by atoms with Gasteiger partial charge in [-0.05, 0) is 34.1 Å². The van der Waals surface area contributed by atoms with Crippen LogP contribution in [0.4, 0.5) is 13.2 Å². The molecule has 0 aliphatic carbocycles. The Kier molecular flexibility index (Phi) is 4.39. The maximum absolute atomic E-state index is 12.5. The van der Waals surface area contributed by atoms with Crippen molar-refractivity contribution in [2.75, 3.05) is 0 Å². The number of benzene rings is 1. The predicted octanol–water partition coefficient (Wildman–Crippen LogP) is 4.33. The van der Waals surface area contributed by atoms with Gasteiger partial charge in [0.2, 0.25) is 0 Å². The molecule has 0 saturated heterocycles. The van der Waals surface area contributed by atoms with E-state index in [0.717, 1.165) is 18.2 Å². The first-order valence-corrected chi connectivity index (χ1v) is 7.42. The Morgan fingerprint density at radius 1 is 1.16 bits per heavy atom. The van der Waals surface area contributed by atoms with Crippen LogP contribution >= 0.6 is 15.9 Å². The summed E-state index contributed by atoms with van der Waals surface area (Å²) < 4.78 is 64.8. The molecule has 1 rings (SSSR count). The lowest BCUT2D eigenvalue weighted by Crippen LogP contribution is -2.18. The molecule has 1 aromatic rings. The molecule has 0 atom stereocenters. The smallest absolute Gasteiger partial charge is 0.416 e. The summed E-state index contributed by atoms with van der Waals surface area (Å²) in [6.45, 7) is 4.76. The van der Waals surface area contributed by atoms with Gasteiger partial charge in [-0.2, -0.15) is 13.2 Å². The van der Waals surface area contributed by atoms with E-state index in [2.05, 4.69) is 20.7 Å². The first kappa shape index (κ1) is 16.5. The third-order valence-electron chi connectivity index (χ3n) is 1.93. The van der Waals surface area contributed by atoms with E-state index in [9.17, 15) is 21.6 Å². The second kappa shape index (κ2) is 5.06. The minimum Gasteiger partial charge on any atom is -0.540 e. The quantitative estimate of drug-likeness (QED) is 0.789. The van der Waals surface area contributed by atoms with Gasteiger partial charge in [0.15, 0.2) is 0 Å². The first-order chi connectivity index (χ1) is 8.33. The van der Waals surface area contributed by atoms with E-state index in [4.69, 9.17) is 0 Å². The molecule has 0 aliphatic heterocycles. The highest BCUT2D eigenvalue weighted by Crippen LogP contribution is 2.36. The number of rotatable bonds is 2. The molecule has 0 saturated carbocycles. The van der Waals surface area contributed by atoms with Crippen LogP contribution in [0.5, 0.6) is 0 Å². The summed E-state index contributed by atoms with van der Waals surface area (Å²) in [6.07, 6.45) is -4.52. The molecular weight excluding hydrogens is 347 g/mol. The van der Waals surface area contributed by atoms with E-state index in [0.29, 0.717) is 0 Å². The zero-order chi connectivity index (χ0) is 15.1. The van der Waals surface area contributed by atoms with E-state index in [1.807, 2.05) is 0 Å². The van der Waals surface area contributed by atoms with Crippen molar-refractivity contribution in [2.24, 2.45) is 0 Å². The van der Waals surface area contributed by atoms with Crippen LogP contribution in [0.1, 0.15) is 26.3 Å². The van der Waals surface area contributed by atoms with Gasteiger partial charge in [-0.15, -0.1) is 5.54 Å². The SMILES string of the molecule is CC(C)(C)[N-]S(=O)(=O)c1ccc(C(F)(F)F)cc1Br. The molecule has 0 amide bonds. The van der Waals surface area contributed by atoms with Crippen LogP contribution in [0.25, 0.3) is 4.72 Å². The van der Waals surface area contributed by atoms with Crippen molar-refractivity contribution >= 4 is 26.0 Å². The summed E-state index contributed by atoms with van der Waals surface area (Å²) in [5.74, 6) is 0. The summed E-state index contributed by atoms with van der Waals surface area (Å²) in [5.41, 5.74) is -1.77. The molecule has 0 unspecified atom stereocenters. The van der Waals surface area contributed by atoms with Crippen LogP contribution in [0.2, 0.25) is 0 Å².